The van der Waals surface area contributed by atoms with E-state index >= 15 is 0 Å². The number of amides is 1. The molecular weight excluding hydrogens is 329 g/mol. The molecule has 24 heavy (non-hydrogen) atoms. The Morgan fingerprint density at radius 2 is 1.96 bits per heavy atom. The fourth-order valence-corrected chi connectivity index (χ4v) is 3.19. The van der Waals surface area contributed by atoms with E-state index in [0.717, 1.165) is 5.56 Å². The van der Waals surface area contributed by atoms with E-state index in [1.54, 1.807) is 18.2 Å². The number of ether oxygens (including phenoxy) is 2. The molecule has 0 fully saturated rings. The molecule has 3 rings (SSSR count). The fraction of sp³-hybridized carbons (Fsp3) is 0.278. The molecular formula is C18H18FNO3S. The third kappa shape index (κ3) is 3.64. The van der Waals surface area contributed by atoms with Crippen molar-refractivity contribution in [3.05, 3.63) is 53.8 Å². The van der Waals surface area contributed by atoms with Crippen molar-refractivity contribution in [3.63, 3.8) is 0 Å². The van der Waals surface area contributed by atoms with Gasteiger partial charge in [0.15, 0.2) is 11.5 Å². The first-order valence-corrected chi connectivity index (χ1v) is 8.53. The second-order valence-electron chi connectivity index (χ2n) is 5.96. The van der Waals surface area contributed by atoms with Gasteiger partial charge in [0, 0.05) is 4.90 Å². The molecule has 1 N–H and O–H groups in total. The zero-order chi connectivity index (χ0) is 17.2. The number of hydrogen-bond donors (Lipinski definition) is 1. The van der Waals surface area contributed by atoms with Gasteiger partial charge in [-0.2, -0.15) is 0 Å². The highest BCUT2D eigenvalue weighted by molar-refractivity contribution is 8.00. The lowest BCUT2D eigenvalue weighted by Gasteiger charge is -2.27. The highest BCUT2D eigenvalue weighted by atomic mass is 32.2. The maximum atomic E-state index is 13.6. The summed E-state index contributed by atoms with van der Waals surface area (Å²) in [4.78, 5) is 12.7. The van der Waals surface area contributed by atoms with E-state index in [4.69, 9.17) is 9.47 Å². The Morgan fingerprint density at radius 1 is 1.21 bits per heavy atom. The van der Waals surface area contributed by atoms with E-state index in [9.17, 15) is 9.18 Å². The standard InChI is InChI=1S/C18H18FNO3S/c1-18(2,12-7-8-14-15(9-12)23-11-22-14)20-17(21)10-24-16-6-4-3-5-13(16)19/h3-9H,10-11H2,1-2H3,(H,20,21). The van der Waals surface area contributed by atoms with E-state index in [1.165, 1.54) is 17.8 Å². The van der Waals surface area contributed by atoms with Gasteiger partial charge in [0.1, 0.15) is 5.82 Å². The van der Waals surface area contributed by atoms with Crippen molar-refractivity contribution in [3.8, 4) is 11.5 Å². The predicted molar refractivity (Wildman–Crippen MR) is 90.9 cm³/mol. The average molecular weight is 347 g/mol. The van der Waals surface area contributed by atoms with Crippen molar-refractivity contribution in [1.82, 2.24) is 5.32 Å². The van der Waals surface area contributed by atoms with Gasteiger partial charge < -0.3 is 14.8 Å². The molecule has 0 saturated heterocycles. The van der Waals surface area contributed by atoms with Crippen LogP contribution in [0.2, 0.25) is 0 Å². The summed E-state index contributed by atoms with van der Waals surface area (Å²) in [5, 5.41) is 2.97. The van der Waals surface area contributed by atoms with Gasteiger partial charge in [0.05, 0.1) is 11.3 Å². The Hall–Kier alpha value is -2.21. The minimum atomic E-state index is -0.576. The molecule has 1 aliphatic heterocycles. The first-order valence-electron chi connectivity index (χ1n) is 7.54. The molecule has 0 radical (unpaired) electrons. The third-order valence-corrected chi connectivity index (χ3v) is 4.79. The summed E-state index contributed by atoms with van der Waals surface area (Å²) in [7, 11) is 0. The molecule has 6 heteroatoms. The van der Waals surface area contributed by atoms with Gasteiger partial charge in [0.2, 0.25) is 12.7 Å². The van der Waals surface area contributed by atoms with E-state index in [1.807, 2.05) is 32.0 Å². The molecule has 0 unspecified atom stereocenters. The summed E-state index contributed by atoms with van der Waals surface area (Å²) in [5.74, 6) is 1.05. The van der Waals surface area contributed by atoms with E-state index < -0.39 is 5.54 Å². The zero-order valence-corrected chi connectivity index (χ0v) is 14.3. The van der Waals surface area contributed by atoms with Crippen molar-refractivity contribution in [2.75, 3.05) is 12.5 Å². The first-order chi connectivity index (χ1) is 11.5. The quantitative estimate of drug-likeness (QED) is 0.838. The molecule has 1 heterocycles. The second kappa shape index (κ2) is 6.73. The van der Waals surface area contributed by atoms with Gasteiger partial charge in [-0.25, -0.2) is 4.39 Å². The van der Waals surface area contributed by atoms with Crippen LogP contribution in [0.25, 0.3) is 0 Å². The maximum absolute atomic E-state index is 13.6. The largest absolute Gasteiger partial charge is 0.454 e. The highest BCUT2D eigenvalue weighted by Crippen LogP contribution is 2.35. The number of halogens is 1. The third-order valence-electron chi connectivity index (χ3n) is 3.74. The monoisotopic (exact) mass is 347 g/mol. The van der Waals surface area contributed by atoms with Gasteiger partial charge in [0.25, 0.3) is 0 Å². The maximum Gasteiger partial charge on any atom is 0.231 e. The van der Waals surface area contributed by atoms with Crippen LogP contribution in [0.1, 0.15) is 19.4 Å². The fourth-order valence-electron chi connectivity index (χ4n) is 2.45. The van der Waals surface area contributed by atoms with Crippen LogP contribution in [0.4, 0.5) is 4.39 Å². The Morgan fingerprint density at radius 3 is 2.75 bits per heavy atom. The lowest BCUT2D eigenvalue weighted by molar-refractivity contribution is -0.120. The van der Waals surface area contributed by atoms with Crippen LogP contribution in [0.3, 0.4) is 0 Å². The van der Waals surface area contributed by atoms with Crippen LogP contribution in [0, 0.1) is 5.82 Å². The molecule has 0 atom stereocenters. The summed E-state index contributed by atoms with van der Waals surface area (Å²) in [6.07, 6.45) is 0. The summed E-state index contributed by atoms with van der Waals surface area (Å²) in [6, 6.07) is 12.0. The minimum absolute atomic E-state index is 0.148. The highest BCUT2D eigenvalue weighted by Gasteiger charge is 2.25. The molecule has 4 nitrogen and oxygen atoms in total. The second-order valence-corrected chi connectivity index (χ2v) is 6.98. The Labute approximate surface area is 144 Å². The number of carbonyl (C=O) groups is 1. The average Bonchev–Trinajstić information content (AvgIpc) is 3.01. The first kappa shape index (κ1) is 16.6. The topological polar surface area (TPSA) is 47.6 Å². The van der Waals surface area contributed by atoms with Gasteiger partial charge >= 0.3 is 0 Å². The van der Waals surface area contributed by atoms with Gasteiger partial charge in [-0.3, -0.25) is 4.79 Å². The van der Waals surface area contributed by atoms with Crippen molar-refractivity contribution < 1.29 is 18.7 Å². The molecule has 1 aliphatic rings. The molecule has 126 valence electrons. The molecule has 0 saturated carbocycles. The van der Waals surface area contributed by atoms with Crippen molar-refractivity contribution >= 4 is 17.7 Å². The Kier molecular flexibility index (Phi) is 4.66. The number of fused-ring (bicyclic) bond motifs is 1. The molecule has 2 aromatic rings. The molecule has 2 aromatic carbocycles. The predicted octanol–water partition coefficient (Wildman–Crippen LogP) is 3.70. The smallest absolute Gasteiger partial charge is 0.231 e. The van der Waals surface area contributed by atoms with E-state index in [2.05, 4.69) is 5.32 Å². The molecule has 0 spiro atoms. The normalized spacial score (nSPS) is 13.0. The van der Waals surface area contributed by atoms with Crippen LogP contribution < -0.4 is 14.8 Å². The molecule has 0 bridgehead atoms. The number of thioether (sulfide) groups is 1. The van der Waals surface area contributed by atoms with E-state index in [-0.39, 0.29) is 24.3 Å². The molecule has 0 aromatic heterocycles. The lowest BCUT2D eigenvalue weighted by Crippen LogP contribution is -2.41. The van der Waals surface area contributed by atoms with Crippen molar-refractivity contribution in [2.24, 2.45) is 0 Å². The van der Waals surface area contributed by atoms with Gasteiger partial charge in [-0.15, -0.1) is 11.8 Å². The molecule has 1 amide bonds. The number of carbonyl (C=O) groups excluding carboxylic acids is 1. The zero-order valence-electron chi connectivity index (χ0n) is 13.5. The van der Waals surface area contributed by atoms with Crippen LogP contribution in [-0.4, -0.2) is 18.5 Å². The summed E-state index contributed by atoms with van der Waals surface area (Å²) < 4.78 is 24.3. The summed E-state index contributed by atoms with van der Waals surface area (Å²) in [6.45, 7) is 4.04. The van der Waals surface area contributed by atoms with Crippen molar-refractivity contribution in [2.45, 2.75) is 24.3 Å². The number of rotatable bonds is 5. The number of benzene rings is 2. The van der Waals surface area contributed by atoms with Crippen LogP contribution in [0.15, 0.2) is 47.4 Å². The van der Waals surface area contributed by atoms with Crippen molar-refractivity contribution in [1.29, 1.82) is 0 Å². The molecule has 0 aliphatic carbocycles. The van der Waals surface area contributed by atoms with Crippen LogP contribution in [-0.2, 0) is 10.3 Å². The Balaban J connectivity index is 1.63. The van der Waals surface area contributed by atoms with Crippen LogP contribution in [0.5, 0.6) is 11.5 Å². The minimum Gasteiger partial charge on any atom is -0.454 e. The lowest BCUT2D eigenvalue weighted by atomic mass is 9.94. The van der Waals surface area contributed by atoms with Gasteiger partial charge in [-0.1, -0.05) is 18.2 Å². The Bertz CT molecular complexity index is 764. The SMILES string of the molecule is CC(C)(NC(=O)CSc1ccccc1F)c1ccc2c(c1)OCO2. The summed E-state index contributed by atoms with van der Waals surface area (Å²) in [5.41, 5.74) is 0.337. The summed E-state index contributed by atoms with van der Waals surface area (Å²) >= 11 is 1.18. The van der Waals surface area contributed by atoms with Gasteiger partial charge in [-0.05, 0) is 43.7 Å². The number of nitrogens with one attached hydrogen (secondary N) is 1. The number of hydrogen-bond acceptors (Lipinski definition) is 4. The van der Waals surface area contributed by atoms with E-state index in [0.29, 0.717) is 16.4 Å². The van der Waals surface area contributed by atoms with Crippen LogP contribution >= 0.6 is 11.8 Å².